The zero-order chi connectivity index (χ0) is 18.8. The van der Waals surface area contributed by atoms with E-state index in [0.717, 1.165) is 40.8 Å². The fourth-order valence-corrected chi connectivity index (χ4v) is 3.50. The lowest BCUT2D eigenvalue weighted by Crippen LogP contribution is -2.35. The topological polar surface area (TPSA) is 43.7 Å². The minimum Gasteiger partial charge on any atom is -0.497 e. The van der Waals surface area contributed by atoms with Crippen molar-refractivity contribution in [1.82, 2.24) is 9.47 Å². The van der Waals surface area contributed by atoms with Crippen molar-refractivity contribution in [3.05, 3.63) is 60.3 Å². The van der Waals surface area contributed by atoms with E-state index in [-0.39, 0.29) is 5.91 Å². The SMILES string of the molecule is COc1ccc2c(ccn2CC(=O)N(Cc2ccccc2OC)C2CC2)c1. The van der Waals surface area contributed by atoms with E-state index in [1.807, 2.05) is 64.2 Å². The predicted molar refractivity (Wildman–Crippen MR) is 105 cm³/mol. The van der Waals surface area contributed by atoms with E-state index in [1.54, 1.807) is 14.2 Å². The summed E-state index contributed by atoms with van der Waals surface area (Å²) in [4.78, 5) is 15.1. The van der Waals surface area contributed by atoms with Gasteiger partial charge in [0.15, 0.2) is 0 Å². The Morgan fingerprint density at radius 1 is 1.11 bits per heavy atom. The molecule has 1 aliphatic carbocycles. The predicted octanol–water partition coefficient (Wildman–Crippen LogP) is 3.85. The smallest absolute Gasteiger partial charge is 0.243 e. The van der Waals surface area contributed by atoms with E-state index in [0.29, 0.717) is 19.1 Å². The van der Waals surface area contributed by atoms with Crippen LogP contribution in [-0.4, -0.2) is 35.6 Å². The number of methoxy groups -OCH3 is 2. The third-order valence-electron chi connectivity index (χ3n) is 5.12. The lowest BCUT2D eigenvalue weighted by atomic mass is 10.2. The first-order chi connectivity index (χ1) is 13.2. The van der Waals surface area contributed by atoms with Crippen molar-refractivity contribution in [3.8, 4) is 11.5 Å². The van der Waals surface area contributed by atoms with E-state index in [1.165, 1.54) is 0 Å². The van der Waals surface area contributed by atoms with Crippen LogP contribution in [0.3, 0.4) is 0 Å². The van der Waals surface area contributed by atoms with Crippen molar-refractivity contribution >= 4 is 16.8 Å². The highest BCUT2D eigenvalue weighted by Crippen LogP contribution is 2.31. The van der Waals surface area contributed by atoms with Gasteiger partial charge in [0.25, 0.3) is 0 Å². The van der Waals surface area contributed by atoms with Crippen LogP contribution in [0.2, 0.25) is 0 Å². The van der Waals surface area contributed by atoms with Gasteiger partial charge in [0, 0.05) is 35.2 Å². The number of aromatic nitrogens is 1. The average molecular weight is 364 g/mol. The molecule has 0 N–H and O–H groups in total. The Morgan fingerprint density at radius 2 is 1.93 bits per heavy atom. The molecule has 1 aromatic heterocycles. The van der Waals surface area contributed by atoms with Crippen molar-refractivity contribution in [2.75, 3.05) is 14.2 Å². The molecule has 0 unspecified atom stereocenters. The number of amides is 1. The molecule has 0 bridgehead atoms. The Hall–Kier alpha value is -2.95. The number of carbonyl (C=O) groups excluding carboxylic acids is 1. The number of benzene rings is 2. The highest BCUT2D eigenvalue weighted by molar-refractivity contribution is 5.84. The summed E-state index contributed by atoms with van der Waals surface area (Å²) in [5.74, 6) is 1.79. The molecule has 5 heteroatoms. The number of ether oxygens (including phenoxy) is 2. The minimum absolute atomic E-state index is 0.136. The number of hydrogen-bond acceptors (Lipinski definition) is 3. The van der Waals surface area contributed by atoms with E-state index in [9.17, 15) is 4.79 Å². The van der Waals surface area contributed by atoms with Crippen LogP contribution in [0, 0.1) is 0 Å². The quantitative estimate of drug-likeness (QED) is 0.640. The maximum Gasteiger partial charge on any atom is 0.243 e. The van der Waals surface area contributed by atoms with Gasteiger partial charge in [0.1, 0.15) is 18.0 Å². The summed E-state index contributed by atoms with van der Waals surface area (Å²) in [6.07, 6.45) is 4.12. The van der Waals surface area contributed by atoms with Crippen LogP contribution in [0.1, 0.15) is 18.4 Å². The van der Waals surface area contributed by atoms with Crippen LogP contribution in [0.25, 0.3) is 10.9 Å². The van der Waals surface area contributed by atoms with Gasteiger partial charge < -0.3 is 18.9 Å². The number of rotatable bonds is 7. The van der Waals surface area contributed by atoms with Gasteiger partial charge in [-0.15, -0.1) is 0 Å². The van der Waals surface area contributed by atoms with Crippen LogP contribution in [-0.2, 0) is 17.9 Å². The Morgan fingerprint density at radius 3 is 2.67 bits per heavy atom. The molecule has 0 spiro atoms. The third-order valence-corrected chi connectivity index (χ3v) is 5.12. The fourth-order valence-electron chi connectivity index (χ4n) is 3.50. The molecule has 0 radical (unpaired) electrons. The van der Waals surface area contributed by atoms with E-state index in [2.05, 4.69) is 0 Å². The number of nitrogens with zero attached hydrogens (tertiary/aromatic N) is 2. The van der Waals surface area contributed by atoms with Crippen molar-refractivity contribution < 1.29 is 14.3 Å². The molecule has 3 aromatic rings. The highest BCUT2D eigenvalue weighted by Gasteiger charge is 2.33. The van der Waals surface area contributed by atoms with Gasteiger partial charge in [-0.05, 0) is 43.2 Å². The minimum atomic E-state index is 0.136. The van der Waals surface area contributed by atoms with Crippen LogP contribution in [0.15, 0.2) is 54.7 Å². The zero-order valence-corrected chi connectivity index (χ0v) is 15.7. The van der Waals surface area contributed by atoms with Gasteiger partial charge >= 0.3 is 0 Å². The lowest BCUT2D eigenvalue weighted by Gasteiger charge is -2.24. The highest BCUT2D eigenvalue weighted by atomic mass is 16.5. The van der Waals surface area contributed by atoms with Crippen molar-refractivity contribution in [2.24, 2.45) is 0 Å². The molecule has 1 amide bonds. The molecule has 2 aromatic carbocycles. The zero-order valence-electron chi connectivity index (χ0n) is 15.7. The summed E-state index contributed by atoms with van der Waals surface area (Å²) in [6, 6.07) is 16.2. The Kier molecular flexibility index (Phi) is 4.75. The van der Waals surface area contributed by atoms with Gasteiger partial charge in [0.05, 0.1) is 14.2 Å². The maximum absolute atomic E-state index is 13.1. The molecule has 5 nitrogen and oxygen atoms in total. The monoisotopic (exact) mass is 364 g/mol. The molecular formula is C22H24N2O3. The largest absolute Gasteiger partial charge is 0.497 e. The standard InChI is InChI=1S/C22H24N2O3/c1-26-19-9-10-20-16(13-19)11-12-23(20)15-22(25)24(18-7-8-18)14-17-5-3-4-6-21(17)27-2/h3-6,9-13,18H,7-8,14-15H2,1-2H3. The first-order valence-corrected chi connectivity index (χ1v) is 9.24. The van der Waals surface area contributed by atoms with Gasteiger partial charge in [-0.25, -0.2) is 0 Å². The van der Waals surface area contributed by atoms with Crippen LogP contribution >= 0.6 is 0 Å². The molecule has 140 valence electrons. The Bertz CT molecular complexity index is 959. The summed E-state index contributed by atoms with van der Waals surface area (Å²) >= 11 is 0. The van der Waals surface area contributed by atoms with Crippen LogP contribution in [0.4, 0.5) is 0 Å². The molecule has 1 aliphatic rings. The Labute approximate surface area is 159 Å². The van der Waals surface area contributed by atoms with Gasteiger partial charge in [-0.3, -0.25) is 4.79 Å². The summed E-state index contributed by atoms with van der Waals surface area (Å²) in [6.45, 7) is 0.919. The van der Waals surface area contributed by atoms with E-state index in [4.69, 9.17) is 9.47 Å². The second-order valence-corrected chi connectivity index (χ2v) is 6.93. The maximum atomic E-state index is 13.1. The summed E-state index contributed by atoms with van der Waals surface area (Å²) in [7, 11) is 3.33. The number of hydrogen-bond donors (Lipinski definition) is 0. The fraction of sp³-hybridized carbons (Fsp3) is 0.318. The molecule has 0 aliphatic heterocycles. The number of para-hydroxylation sites is 1. The van der Waals surface area contributed by atoms with Gasteiger partial charge in [-0.1, -0.05) is 18.2 Å². The summed E-state index contributed by atoms with van der Waals surface area (Å²) in [5.41, 5.74) is 2.08. The van der Waals surface area contributed by atoms with Crippen LogP contribution < -0.4 is 9.47 Å². The average Bonchev–Trinajstić information content (AvgIpc) is 3.47. The number of fused-ring (bicyclic) bond motifs is 1. The van der Waals surface area contributed by atoms with Crippen molar-refractivity contribution in [1.29, 1.82) is 0 Å². The lowest BCUT2D eigenvalue weighted by molar-refractivity contribution is -0.133. The summed E-state index contributed by atoms with van der Waals surface area (Å²) in [5, 5.41) is 1.07. The van der Waals surface area contributed by atoms with Gasteiger partial charge in [0.2, 0.25) is 5.91 Å². The molecule has 1 saturated carbocycles. The molecule has 0 atom stereocenters. The molecular weight excluding hydrogens is 340 g/mol. The molecule has 27 heavy (non-hydrogen) atoms. The second kappa shape index (κ2) is 7.35. The first-order valence-electron chi connectivity index (χ1n) is 9.24. The Balaban J connectivity index is 1.55. The first kappa shape index (κ1) is 17.5. The molecule has 0 saturated heterocycles. The van der Waals surface area contributed by atoms with Gasteiger partial charge in [-0.2, -0.15) is 0 Å². The van der Waals surface area contributed by atoms with E-state index < -0.39 is 0 Å². The second-order valence-electron chi connectivity index (χ2n) is 6.93. The van der Waals surface area contributed by atoms with Crippen molar-refractivity contribution in [2.45, 2.75) is 32.0 Å². The van der Waals surface area contributed by atoms with Crippen LogP contribution in [0.5, 0.6) is 11.5 Å². The molecule has 1 fully saturated rings. The molecule has 1 heterocycles. The third kappa shape index (κ3) is 3.63. The normalized spacial score (nSPS) is 13.6. The van der Waals surface area contributed by atoms with Crippen molar-refractivity contribution in [3.63, 3.8) is 0 Å². The number of carbonyl (C=O) groups is 1. The van der Waals surface area contributed by atoms with E-state index >= 15 is 0 Å². The summed E-state index contributed by atoms with van der Waals surface area (Å²) < 4.78 is 12.7. The molecule has 4 rings (SSSR count).